The van der Waals surface area contributed by atoms with Crippen LogP contribution in [0.2, 0.25) is 0 Å². The van der Waals surface area contributed by atoms with Crippen LogP contribution in [0.4, 0.5) is 10.1 Å². The fraction of sp³-hybridized carbons (Fsp3) is 0.263. The van der Waals surface area contributed by atoms with Crippen molar-refractivity contribution in [1.29, 1.82) is 0 Å². The molecule has 0 aliphatic carbocycles. The van der Waals surface area contributed by atoms with Gasteiger partial charge in [0.15, 0.2) is 5.58 Å². The van der Waals surface area contributed by atoms with Gasteiger partial charge in [-0.15, -0.1) is 0 Å². The maximum absolute atomic E-state index is 13.0. The van der Waals surface area contributed by atoms with E-state index in [4.69, 9.17) is 4.42 Å². The Hall–Kier alpha value is -2.98. The highest BCUT2D eigenvalue weighted by atomic mass is 32.2. The molecule has 0 saturated carbocycles. The molecule has 2 aromatic carbocycles. The average Bonchev–Trinajstić information content (AvgIpc) is 2.99. The summed E-state index contributed by atoms with van der Waals surface area (Å²) in [4.78, 5) is 24.4. The molecular weight excluding hydrogens is 401 g/mol. The van der Waals surface area contributed by atoms with Crippen molar-refractivity contribution >= 4 is 32.7 Å². The molecule has 0 unspecified atom stereocenters. The van der Waals surface area contributed by atoms with Crippen molar-refractivity contribution < 1.29 is 22.0 Å². The minimum atomic E-state index is -3.71. The highest BCUT2D eigenvalue weighted by molar-refractivity contribution is 7.89. The Morgan fingerprint density at radius 3 is 2.41 bits per heavy atom. The molecule has 1 aromatic heterocycles. The van der Waals surface area contributed by atoms with Crippen molar-refractivity contribution in [2.24, 2.45) is 0 Å². The van der Waals surface area contributed by atoms with E-state index in [2.05, 4.69) is 5.32 Å². The van der Waals surface area contributed by atoms with E-state index in [1.165, 1.54) is 46.8 Å². The van der Waals surface area contributed by atoms with Gasteiger partial charge >= 0.3 is 5.76 Å². The number of nitrogens with zero attached hydrogens (tertiary/aromatic N) is 2. The second-order valence-corrected chi connectivity index (χ2v) is 8.17. The Bertz CT molecular complexity index is 1190. The molecule has 0 spiro atoms. The molecule has 1 amide bonds. The smallest absolute Gasteiger partial charge is 0.408 e. The van der Waals surface area contributed by atoms with Gasteiger partial charge in [0.25, 0.3) is 0 Å². The first kappa shape index (κ1) is 20.7. The number of aromatic nitrogens is 1. The number of halogens is 1. The predicted molar refractivity (Wildman–Crippen MR) is 106 cm³/mol. The third-order valence-corrected chi connectivity index (χ3v) is 6.46. The van der Waals surface area contributed by atoms with Crippen molar-refractivity contribution in [3.63, 3.8) is 0 Å². The van der Waals surface area contributed by atoms with Crippen LogP contribution in [-0.2, 0) is 21.4 Å². The number of hydrogen-bond acceptors (Lipinski definition) is 5. The lowest BCUT2D eigenvalue weighted by molar-refractivity contribution is -0.116. The van der Waals surface area contributed by atoms with Crippen LogP contribution in [-0.4, -0.2) is 36.3 Å². The van der Waals surface area contributed by atoms with Gasteiger partial charge in [-0.25, -0.2) is 17.6 Å². The van der Waals surface area contributed by atoms with Gasteiger partial charge < -0.3 is 9.73 Å². The van der Waals surface area contributed by atoms with Gasteiger partial charge in [0.2, 0.25) is 15.9 Å². The van der Waals surface area contributed by atoms with E-state index >= 15 is 0 Å². The first-order valence-electron chi connectivity index (χ1n) is 8.95. The van der Waals surface area contributed by atoms with Gasteiger partial charge in [-0.1, -0.05) is 13.8 Å². The standard InChI is InChI=1S/C19H20FN3O5S/c1-3-22(4-2)29(26,27)15-9-10-16-17(11-15)28-19(25)23(16)12-18(24)21-14-7-5-13(20)6-8-14/h5-11H,3-4,12H2,1-2H3,(H,21,24). The summed E-state index contributed by atoms with van der Waals surface area (Å²) in [5.41, 5.74) is 0.741. The minimum absolute atomic E-state index is 0.00497. The van der Waals surface area contributed by atoms with E-state index in [0.29, 0.717) is 24.3 Å². The fourth-order valence-electron chi connectivity index (χ4n) is 2.95. The number of amides is 1. The van der Waals surface area contributed by atoms with Crippen LogP contribution in [0.15, 0.2) is 56.6 Å². The van der Waals surface area contributed by atoms with Crippen LogP contribution in [0.5, 0.6) is 0 Å². The van der Waals surface area contributed by atoms with Crippen LogP contribution in [0.25, 0.3) is 11.1 Å². The molecule has 0 aliphatic heterocycles. The maximum atomic E-state index is 13.0. The third-order valence-electron chi connectivity index (χ3n) is 4.41. The van der Waals surface area contributed by atoms with Crippen LogP contribution >= 0.6 is 0 Å². The van der Waals surface area contributed by atoms with Crippen LogP contribution < -0.4 is 11.1 Å². The first-order chi connectivity index (χ1) is 13.8. The minimum Gasteiger partial charge on any atom is -0.408 e. The molecule has 0 aliphatic rings. The van der Waals surface area contributed by atoms with Gasteiger partial charge in [0, 0.05) is 24.8 Å². The fourth-order valence-corrected chi connectivity index (χ4v) is 4.42. The van der Waals surface area contributed by atoms with Crippen molar-refractivity contribution in [3.05, 3.63) is 58.8 Å². The predicted octanol–water partition coefficient (Wildman–Crippen LogP) is 2.40. The molecule has 0 fully saturated rings. The summed E-state index contributed by atoms with van der Waals surface area (Å²) < 4.78 is 45.8. The van der Waals surface area contributed by atoms with Gasteiger partial charge in [-0.05, 0) is 36.4 Å². The SMILES string of the molecule is CCN(CC)S(=O)(=O)c1ccc2c(c1)oc(=O)n2CC(=O)Nc1ccc(F)cc1. The summed E-state index contributed by atoms with van der Waals surface area (Å²) in [6.45, 7) is 3.74. The number of benzene rings is 2. The molecule has 29 heavy (non-hydrogen) atoms. The van der Waals surface area contributed by atoms with E-state index in [1.807, 2.05) is 0 Å². The van der Waals surface area contributed by atoms with Crippen molar-refractivity contribution in [3.8, 4) is 0 Å². The van der Waals surface area contributed by atoms with Crippen molar-refractivity contribution in [2.75, 3.05) is 18.4 Å². The molecule has 1 heterocycles. The Balaban J connectivity index is 1.88. The van der Waals surface area contributed by atoms with Crippen LogP contribution in [0.1, 0.15) is 13.8 Å². The van der Waals surface area contributed by atoms with Crippen molar-refractivity contribution in [2.45, 2.75) is 25.3 Å². The summed E-state index contributed by atoms with van der Waals surface area (Å²) >= 11 is 0. The molecule has 154 valence electrons. The molecule has 0 bridgehead atoms. The number of hydrogen-bond donors (Lipinski definition) is 1. The number of rotatable bonds is 7. The maximum Gasteiger partial charge on any atom is 0.420 e. The largest absolute Gasteiger partial charge is 0.420 e. The highest BCUT2D eigenvalue weighted by Gasteiger charge is 2.23. The Morgan fingerprint density at radius 2 is 1.79 bits per heavy atom. The van der Waals surface area contributed by atoms with E-state index in [-0.39, 0.29) is 17.0 Å². The molecule has 0 saturated heterocycles. The number of sulfonamides is 1. The second-order valence-electron chi connectivity index (χ2n) is 6.23. The normalized spacial score (nSPS) is 11.9. The van der Waals surface area contributed by atoms with Gasteiger partial charge in [0.1, 0.15) is 12.4 Å². The highest BCUT2D eigenvalue weighted by Crippen LogP contribution is 2.21. The second kappa shape index (κ2) is 8.18. The zero-order valence-corrected chi connectivity index (χ0v) is 16.7. The van der Waals surface area contributed by atoms with Gasteiger partial charge in [0.05, 0.1) is 10.4 Å². The molecule has 3 rings (SSSR count). The Kier molecular flexibility index (Phi) is 5.85. The summed E-state index contributed by atoms with van der Waals surface area (Å²) in [5, 5.41) is 2.56. The van der Waals surface area contributed by atoms with Crippen LogP contribution in [0.3, 0.4) is 0 Å². The van der Waals surface area contributed by atoms with E-state index in [9.17, 15) is 22.4 Å². The molecule has 8 nitrogen and oxygen atoms in total. The average molecular weight is 421 g/mol. The zero-order chi connectivity index (χ0) is 21.2. The van der Waals surface area contributed by atoms with E-state index in [1.54, 1.807) is 13.8 Å². The molecule has 1 N–H and O–H groups in total. The number of fused-ring (bicyclic) bond motifs is 1. The molecular formula is C19H20FN3O5S. The van der Waals surface area contributed by atoms with Crippen LogP contribution in [0, 0.1) is 5.82 Å². The molecule has 10 heteroatoms. The molecule has 0 atom stereocenters. The Labute approximate surface area is 166 Å². The first-order valence-corrected chi connectivity index (χ1v) is 10.4. The van der Waals surface area contributed by atoms with Gasteiger partial charge in [-0.3, -0.25) is 9.36 Å². The quantitative estimate of drug-likeness (QED) is 0.631. The van der Waals surface area contributed by atoms with Gasteiger partial charge in [-0.2, -0.15) is 4.31 Å². The van der Waals surface area contributed by atoms with E-state index in [0.717, 1.165) is 4.57 Å². The topological polar surface area (TPSA) is 102 Å². The summed E-state index contributed by atoms with van der Waals surface area (Å²) in [6, 6.07) is 9.28. The molecule has 0 radical (unpaired) electrons. The summed E-state index contributed by atoms with van der Waals surface area (Å²) in [6.07, 6.45) is 0. The summed E-state index contributed by atoms with van der Waals surface area (Å²) in [7, 11) is -3.71. The number of oxazole rings is 1. The number of carbonyl (C=O) groups excluding carboxylic acids is 1. The molecule has 3 aromatic rings. The third kappa shape index (κ3) is 4.22. The lowest BCUT2D eigenvalue weighted by atomic mass is 10.3. The number of anilines is 1. The number of nitrogens with one attached hydrogen (secondary N) is 1. The Morgan fingerprint density at radius 1 is 1.14 bits per heavy atom. The monoisotopic (exact) mass is 421 g/mol. The summed E-state index contributed by atoms with van der Waals surface area (Å²) in [5.74, 6) is -1.73. The van der Waals surface area contributed by atoms with E-state index < -0.39 is 27.5 Å². The lowest BCUT2D eigenvalue weighted by Gasteiger charge is -2.18. The zero-order valence-electron chi connectivity index (χ0n) is 15.9. The van der Waals surface area contributed by atoms with Crippen molar-refractivity contribution in [1.82, 2.24) is 8.87 Å². The lowest BCUT2D eigenvalue weighted by Crippen LogP contribution is -2.30. The number of carbonyl (C=O) groups is 1.